The molecule has 0 bridgehead atoms. The van der Waals surface area contributed by atoms with Gasteiger partial charge in [0, 0.05) is 25.7 Å². The number of thiocarbonyl (C=S) groups is 1. The molecular weight excluding hydrogens is 288 g/mol. The summed E-state index contributed by atoms with van der Waals surface area (Å²) in [5.41, 5.74) is 0.982. The molecule has 0 aliphatic rings. The summed E-state index contributed by atoms with van der Waals surface area (Å²) in [7, 11) is 3.72. The van der Waals surface area contributed by atoms with Crippen molar-refractivity contribution in [1.82, 2.24) is 10.2 Å². The van der Waals surface area contributed by atoms with Crippen molar-refractivity contribution in [2.45, 2.75) is 6.54 Å². The lowest BCUT2D eigenvalue weighted by molar-refractivity contribution is -0.118. The Hall–Kier alpha value is -0.780. The number of rotatable bonds is 4. The molecule has 0 saturated heterocycles. The van der Waals surface area contributed by atoms with E-state index in [2.05, 4.69) is 5.32 Å². The highest BCUT2D eigenvalue weighted by molar-refractivity contribution is 8.23. The molecule has 1 N–H and O–H groups in total. The average molecular weight is 303 g/mol. The van der Waals surface area contributed by atoms with Crippen LogP contribution in [0.2, 0.25) is 5.02 Å². The van der Waals surface area contributed by atoms with Gasteiger partial charge in [-0.1, -0.05) is 47.7 Å². The van der Waals surface area contributed by atoms with Crippen molar-refractivity contribution < 1.29 is 4.79 Å². The zero-order valence-electron chi connectivity index (χ0n) is 10.3. The molecule has 0 spiro atoms. The lowest BCUT2D eigenvalue weighted by Gasteiger charge is -2.12. The summed E-state index contributed by atoms with van der Waals surface area (Å²) in [6.07, 6.45) is 0. The van der Waals surface area contributed by atoms with Crippen LogP contribution in [-0.4, -0.2) is 35.0 Å². The van der Waals surface area contributed by atoms with Crippen LogP contribution >= 0.6 is 35.6 Å². The number of hydrogen-bond donors (Lipinski definition) is 1. The van der Waals surface area contributed by atoms with Gasteiger partial charge >= 0.3 is 0 Å². The third-order valence-electron chi connectivity index (χ3n) is 2.07. The summed E-state index contributed by atoms with van der Waals surface area (Å²) < 4.78 is 0.702. The molecule has 0 saturated carbocycles. The van der Waals surface area contributed by atoms with Gasteiger partial charge in [0.1, 0.15) is 4.32 Å². The quantitative estimate of drug-likeness (QED) is 0.866. The van der Waals surface area contributed by atoms with E-state index >= 15 is 0 Å². The van der Waals surface area contributed by atoms with Gasteiger partial charge in [-0.2, -0.15) is 0 Å². The molecule has 1 aromatic carbocycles. The highest BCUT2D eigenvalue weighted by atomic mass is 35.5. The summed E-state index contributed by atoms with van der Waals surface area (Å²) >= 11 is 12.3. The number of hydrogen-bond acceptors (Lipinski definition) is 3. The summed E-state index contributed by atoms with van der Waals surface area (Å²) in [4.78, 5) is 13.4. The second-order valence-corrected chi connectivity index (χ2v) is 5.90. The van der Waals surface area contributed by atoms with Gasteiger partial charge in [-0.05, 0) is 17.7 Å². The molecule has 0 radical (unpaired) electrons. The first-order valence-corrected chi connectivity index (χ1v) is 7.11. The van der Waals surface area contributed by atoms with E-state index < -0.39 is 0 Å². The predicted octanol–water partition coefficient (Wildman–Crippen LogP) is 2.54. The molecular formula is C12H15ClN2OS2. The fraction of sp³-hybridized carbons (Fsp3) is 0.333. The van der Waals surface area contributed by atoms with Crippen LogP contribution in [0.3, 0.4) is 0 Å². The van der Waals surface area contributed by atoms with Crippen LogP contribution in [0.15, 0.2) is 24.3 Å². The first-order chi connectivity index (χ1) is 8.49. The molecule has 0 heterocycles. The summed E-state index contributed by atoms with van der Waals surface area (Å²) in [6.45, 7) is 0.481. The van der Waals surface area contributed by atoms with E-state index in [1.165, 1.54) is 11.8 Å². The second-order valence-electron chi connectivity index (χ2n) is 3.86. The Morgan fingerprint density at radius 1 is 1.50 bits per heavy atom. The summed E-state index contributed by atoms with van der Waals surface area (Å²) in [6, 6.07) is 7.42. The van der Waals surface area contributed by atoms with Gasteiger partial charge in [-0.3, -0.25) is 4.79 Å². The molecule has 3 nitrogen and oxygen atoms in total. The maximum Gasteiger partial charge on any atom is 0.230 e. The minimum atomic E-state index is -0.0378. The first-order valence-electron chi connectivity index (χ1n) is 5.34. The average Bonchev–Trinajstić information content (AvgIpc) is 2.33. The van der Waals surface area contributed by atoms with Crippen LogP contribution < -0.4 is 5.32 Å². The van der Waals surface area contributed by atoms with Gasteiger partial charge in [-0.15, -0.1) is 0 Å². The van der Waals surface area contributed by atoms with E-state index in [0.717, 1.165) is 5.56 Å². The maximum absolute atomic E-state index is 11.6. The van der Waals surface area contributed by atoms with E-state index in [1.807, 2.05) is 37.2 Å². The van der Waals surface area contributed by atoms with Crippen LogP contribution in [0.5, 0.6) is 0 Å². The van der Waals surface area contributed by atoms with Crippen molar-refractivity contribution in [3.8, 4) is 0 Å². The molecule has 1 aromatic rings. The Labute approximate surface area is 122 Å². The van der Waals surface area contributed by atoms with E-state index in [1.54, 1.807) is 6.07 Å². The molecule has 18 heavy (non-hydrogen) atoms. The van der Waals surface area contributed by atoms with Crippen molar-refractivity contribution in [1.29, 1.82) is 0 Å². The van der Waals surface area contributed by atoms with Crippen molar-refractivity contribution in [3.63, 3.8) is 0 Å². The van der Waals surface area contributed by atoms with Crippen molar-refractivity contribution in [2.24, 2.45) is 0 Å². The third-order valence-corrected chi connectivity index (χ3v) is 4.04. The maximum atomic E-state index is 11.6. The molecule has 0 aromatic heterocycles. The molecule has 6 heteroatoms. The number of benzene rings is 1. The number of carbonyl (C=O) groups excluding carboxylic acids is 1. The van der Waals surface area contributed by atoms with E-state index in [0.29, 0.717) is 21.6 Å². The number of nitrogens with one attached hydrogen (secondary N) is 1. The molecule has 1 amide bonds. The molecule has 1 rings (SSSR count). The zero-order valence-corrected chi connectivity index (χ0v) is 12.7. The predicted molar refractivity (Wildman–Crippen MR) is 82.0 cm³/mol. The van der Waals surface area contributed by atoms with Gasteiger partial charge in [0.05, 0.1) is 5.75 Å². The van der Waals surface area contributed by atoms with Gasteiger partial charge in [-0.25, -0.2) is 0 Å². The SMILES string of the molecule is CN(C)C(=S)SCC(=O)NCc1cccc(Cl)c1. The number of carbonyl (C=O) groups is 1. The third kappa shape index (κ3) is 5.71. The molecule has 0 aliphatic carbocycles. The Morgan fingerprint density at radius 3 is 2.83 bits per heavy atom. The summed E-state index contributed by atoms with van der Waals surface area (Å²) in [5.74, 6) is 0.293. The van der Waals surface area contributed by atoms with Crippen LogP contribution in [-0.2, 0) is 11.3 Å². The Morgan fingerprint density at radius 2 is 2.22 bits per heavy atom. The van der Waals surface area contributed by atoms with E-state index in [4.69, 9.17) is 23.8 Å². The monoisotopic (exact) mass is 302 g/mol. The number of amides is 1. The van der Waals surface area contributed by atoms with Crippen molar-refractivity contribution in [2.75, 3.05) is 19.8 Å². The lowest BCUT2D eigenvalue weighted by atomic mass is 10.2. The fourth-order valence-electron chi connectivity index (χ4n) is 1.15. The fourth-order valence-corrected chi connectivity index (χ4v) is 2.16. The lowest BCUT2D eigenvalue weighted by Crippen LogP contribution is -2.26. The normalized spacial score (nSPS) is 9.94. The van der Waals surface area contributed by atoms with Gasteiger partial charge in [0.25, 0.3) is 0 Å². The topological polar surface area (TPSA) is 32.3 Å². The molecule has 0 fully saturated rings. The second kappa shape index (κ2) is 7.61. The van der Waals surface area contributed by atoms with Crippen LogP contribution in [0.4, 0.5) is 0 Å². The Balaban J connectivity index is 2.31. The number of halogens is 1. The minimum absolute atomic E-state index is 0.0378. The highest BCUT2D eigenvalue weighted by Crippen LogP contribution is 2.10. The standard InChI is InChI=1S/C12H15ClN2OS2/c1-15(2)12(17)18-8-11(16)14-7-9-4-3-5-10(13)6-9/h3-6H,7-8H2,1-2H3,(H,14,16). The number of nitrogens with zero attached hydrogens (tertiary/aromatic N) is 1. The Bertz CT molecular complexity index is 438. The smallest absolute Gasteiger partial charge is 0.230 e. The summed E-state index contributed by atoms with van der Waals surface area (Å²) in [5, 5.41) is 3.50. The van der Waals surface area contributed by atoms with E-state index in [-0.39, 0.29) is 5.91 Å². The molecule has 0 atom stereocenters. The minimum Gasteiger partial charge on any atom is -0.364 e. The zero-order chi connectivity index (χ0) is 13.5. The molecule has 98 valence electrons. The van der Waals surface area contributed by atoms with Crippen molar-refractivity contribution in [3.05, 3.63) is 34.9 Å². The highest BCUT2D eigenvalue weighted by Gasteiger charge is 2.05. The van der Waals surface area contributed by atoms with Gasteiger partial charge in [0.15, 0.2) is 0 Å². The van der Waals surface area contributed by atoms with Crippen LogP contribution in [0.1, 0.15) is 5.56 Å². The van der Waals surface area contributed by atoms with Gasteiger partial charge in [0.2, 0.25) is 5.91 Å². The van der Waals surface area contributed by atoms with Crippen LogP contribution in [0, 0.1) is 0 Å². The van der Waals surface area contributed by atoms with Crippen LogP contribution in [0.25, 0.3) is 0 Å². The Kier molecular flexibility index (Phi) is 6.46. The van der Waals surface area contributed by atoms with Crippen molar-refractivity contribution >= 4 is 45.8 Å². The number of thioether (sulfide) groups is 1. The van der Waals surface area contributed by atoms with E-state index in [9.17, 15) is 4.79 Å². The largest absolute Gasteiger partial charge is 0.364 e. The first kappa shape index (κ1) is 15.3. The van der Waals surface area contributed by atoms with Gasteiger partial charge < -0.3 is 10.2 Å². The molecule has 0 unspecified atom stereocenters. The molecule has 0 aliphatic heterocycles.